The van der Waals surface area contributed by atoms with E-state index in [1.54, 1.807) is 19.2 Å². The summed E-state index contributed by atoms with van der Waals surface area (Å²) in [4.78, 5) is 24.7. The summed E-state index contributed by atoms with van der Waals surface area (Å²) in [5, 5.41) is 7.57. The third-order valence-corrected chi connectivity index (χ3v) is 5.41. The molecule has 1 aliphatic rings. The molecule has 0 aliphatic carbocycles. The number of likely N-dealkylation sites (tertiary alicyclic amines) is 1. The lowest BCUT2D eigenvalue weighted by Gasteiger charge is -2.16. The Balaban J connectivity index is 2.15. The monoisotopic (exact) mass is 295 g/mol. The van der Waals surface area contributed by atoms with E-state index in [1.165, 1.54) is 4.90 Å². The van der Waals surface area contributed by atoms with Gasteiger partial charge in [0.2, 0.25) is 5.91 Å². The van der Waals surface area contributed by atoms with Crippen molar-refractivity contribution in [2.75, 3.05) is 13.6 Å². The highest BCUT2D eigenvalue weighted by molar-refractivity contribution is 7.87. The van der Waals surface area contributed by atoms with Crippen LogP contribution in [0.3, 0.4) is 0 Å². The van der Waals surface area contributed by atoms with Crippen LogP contribution in [0.5, 0.6) is 0 Å². The van der Waals surface area contributed by atoms with Gasteiger partial charge in [-0.1, -0.05) is 30.3 Å². The van der Waals surface area contributed by atoms with Crippen molar-refractivity contribution in [3.63, 3.8) is 0 Å². The van der Waals surface area contributed by atoms with Gasteiger partial charge in [0.15, 0.2) is 0 Å². The molecule has 6 heteroatoms. The summed E-state index contributed by atoms with van der Waals surface area (Å²) in [6, 6.07) is 9.06. The fourth-order valence-electron chi connectivity index (χ4n) is 2.30. The number of amides is 1. The average molecular weight is 295 g/mol. The molecular weight excluding hydrogens is 278 g/mol. The molecule has 2 rings (SSSR count). The van der Waals surface area contributed by atoms with Crippen molar-refractivity contribution in [1.82, 2.24) is 4.90 Å². The highest BCUT2D eigenvalue weighted by Crippen LogP contribution is 2.20. The Kier molecular flexibility index (Phi) is 4.54. The number of aliphatic carboxylic acids is 1. The molecule has 20 heavy (non-hydrogen) atoms. The van der Waals surface area contributed by atoms with Crippen LogP contribution < -0.4 is 0 Å². The second kappa shape index (κ2) is 6.17. The quantitative estimate of drug-likeness (QED) is 0.866. The second-order valence-corrected chi connectivity index (χ2v) is 6.68. The minimum atomic E-state index is -1.71. The number of carboxylic acid groups (broad SMARTS) is 1. The van der Waals surface area contributed by atoms with Crippen molar-refractivity contribution in [3.05, 3.63) is 35.9 Å². The largest absolute Gasteiger partial charge is 0.480 e. The first-order valence-corrected chi connectivity index (χ1v) is 7.69. The maximum atomic E-state index is 12.4. The Morgan fingerprint density at radius 2 is 2.10 bits per heavy atom. The molecule has 108 valence electrons. The van der Waals surface area contributed by atoms with E-state index in [4.69, 9.17) is 0 Å². The van der Waals surface area contributed by atoms with Gasteiger partial charge in [-0.15, -0.1) is 0 Å². The lowest BCUT2D eigenvalue weighted by molar-refractivity contribution is -0.136. The fraction of sp³-hybridized carbons (Fsp3) is 0.429. The molecule has 1 saturated heterocycles. The molecule has 3 unspecified atom stereocenters. The van der Waals surface area contributed by atoms with Crippen molar-refractivity contribution >= 4 is 22.7 Å². The Morgan fingerprint density at radius 3 is 2.60 bits per heavy atom. The number of hydrogen-bond acceptors (Lipinski definition) is 3. The van der Waals surface area contributed by atoms with Crippen molar-refractivity contribution in [1.29, 1.82) is 0 Å². The number of hydrogen-bond donors (Lipinski definition) is 1. The molecule has 1 fully saturated rings. The maximum absolute atomic E-state index is 12.4. The molecule has 1 amide bonds. The average Bonchev–Trinajstić information content (AvgIpc) is 2.76. The molecule has 0 bridgehead atoms. The standard InChI is InChI=1S/C14H17NO4S/c1-15-8-7-11(13(15)16)20(19)12(14(17)18)9-10-5-3-2-4-6-10/h2-6,11-12H,7-9H2,1H3,(H,17,18). The van der Waals surface area contributed by atoms with Gasteiger partial charge in [-0.2, -0.15) is 0 Å². The fourth-order valence-corrected chi connectivity index (χ4v) is 3.97. The third kappa shape index (κ3) is 3.07. The highest BCUT2D eigenvalue weighted by Gasteiger charge is 2.39. The Morgan fingerprint density at radius 1 is 1.45 bits per heavy atom. The van der Waals surface area contributed by atoms with Gasteiger partial charge in [0, 0.05) is 24.4 Å². The van der Waals surface area contributed by atoms with Crippen molar-refractivity contribution in [2.24, 2.45) is 0 Å². The topological polar surface area (TPSA) is 74.7 Å². The van der Waals surface area contributed by atoms with Gasteiger partial charge in [0.05, 0.1) is 0 Å². The van der Waals surface area contributed by atoms with E-state index in [9.17, 15) is 18.9 Å². The van der Waals surface area contributed by atoms with Crippen LogP contribution in [0.15, 0.2) is 30.3 Å². The van der Waals surface area contributed by atoms with Crippen LogP contribution in [0.2, 0.25) is 0 Å². The number of nitrogens with zero attached hydrogens (tertiary/aromatic N) is 1. The minimum Gasteiger partial charge on any atom is -0.480 e. The van der Waals surface area contributed by atoms with Crippen molar-refractivity contribution in [3.8, 4) is 0 Å². The van der Waals surface area contributed by atoms with Crippen LogP contribution in [0, 0.1) is 0 Å². The molecule has 3 atom stereocenters. The van der Waals surface area contributed by atoms with E-state index in [2.05, 4.69) is 0 Å². The zero-order valence-electron chi connectivity index (χ0n) is 11.2. The number of rotatable bonds is 5. The molecule has 1 N–H and O–H groups in total. The zero-order valence-corrected chi connectivity index (χ0v) is 12.0. The van der Waals surface area contributed by atoms with E-state index in [-0.39, 0.29) is 12.3 Å². The van der Waals surface area contributed by atoms with E-state index in [0.29, 0.717) is 13.0 Å². The van der Waals surface area contributed by atoms with Gasteiger partial charge < -0.3 is 10.0 Å². The summed E-state index contributed by atoms with van der Waals surface area (Å²) in [5.74, 6) is -1.34. The highest BCUT2D eigenvalue weighted by atomic mass is 32.2. The van der Waals surface area contributed by atoms with Crippen LogP contribution in [0.25, 0.3) is 0 Å². The van der Waals surface area contributed by atoms with Crippen LogP contribution in [0.1, 0.15) is 12.0 Å². The van der Waals surface area contributed by atoms with Crippen molar-refractivity contribution < 1.29 is 18.9 Å². The number of carbonyl (C=O) groups excluding carboxylic acids is 1. The number of carboxylic acids is 1. The van der Waals surface area contributed by atoms with Gasteiger partial charge in [-0.05, 0) is 18.4 Å². The SMILES string of the molecule is CN1CCC(S(=O)C(Cc2ccccc2)C(=O)O)C1=O. The predicted molar refractivity (Wildman–Crippen MR) is 75.8 cm³/mol. The summed E-state index contributed by atoms with van der Waals surface area (Å²) in [6.07, 6.45) is 0.636. The lowest BCUT2D eigenvalue weighted by atomic mass is 10.1. The van der Waals surface area contributed by atoms with E-state index < -0.39 is 27.3 Å². The predicted octanol–water partition coefficient (Wildman–Crippen LogP) is 0.662. The first kappa shape index (κ1) is 14.7. The Hall–Kier alpha value is -1.69. The van der Waals surface area contributed by atoms with Crippen LogP contribution in [-0.4, -0.2) is 50.2 Å². The molecule has 1 heterocycles. The third-order valence-electron chi connectivity index (χ3n) is 3.48. The van der Waals surface area contributed by atoms with Gasteiger partial charge in [0.1, 0.15) is 10.5 Å². The molecule has 0 saturated carbocycles. The smallest absolute Gasteiger partial charge is 0.319 e. The summed E-state index contributed by atoms with van der Waals surface area (Å²) in [7, 11) is -0.0599. The zero-order chi connectivity index (χ0) is 14.7. The van der Waals surface area contributed by atoms with Crippen LogP contribution in [0.4, 0.5) is 0 Å². The van der Waals surface area contributed by atoms with E-state index in [1.807, 2.05) is 18.2 Å². The molecule has 0 radical (unpaired) electrons. The summed E-state index contributed by atoms with van der Waals surface area (Å²) >= 11 is 0. The van der Waals surface area contributed by atoms with E-state index in [0.717, 1.165) is 5.56 Å². The van der Waals surface area contributed by atoms with Crippen LogP contribution in [-0.2, 0) is 26.8 Å². The summed E-state index contributed by atoms with van der Waals surface area (Å²) < 4.78 is 12.4. The van der Waals surface area contributed by atoms with Gasteiger partial charge in [-0.25, -0.2) is 0 Å². The first-order valence-electron chi connectivity index (χ1n) is 6.42. The summed E-state index contributed by atoms with van der Waals surface area (Å²) in [6.45, 7) is 0.535. The van der Waals surface area contributed by atoms with E-state index >= 15 is 0 Å². The maximum Gasteiger partial charge on any atom is 0.319 e. The Bertz CT molecular complexity index is 531. The van der Waals surface area contributed by atoms with Crippen LogP contribution >= 0.6 is 0 Å². The molecule has 1 aromatic rings. The van der Waals surface area contributed by atoms with Crippen molar-refractivity contribution in [2.45, 2.75) is 23.3 Å². The van der Waals surface area contributed by atoms with Gasteiger partial charge >= 0.3 is 5.97 Å². The minimum absolute atomic E-state index is 0.177. The van der Waals surface area contributed by atoms with Gasteiger partial charge in [0.25, 0.3) is 0 Å². The molecule has 0 aromatic heterocycles. The number of benzene rings is 1. The number of carbonyl (C=O) groups is 2. The molecular formula is C14H17NO4S. The second-order valence-electron chi connectivity index (χ2n) is 4.88. The Labute approximate surface area is 120 Å². The normalized spacial score (nSPS) is 21.8. The molecule has 5 nitrogen and oxygen atoms in total. The summed E-state index contributed by atoms with van der Waals surface area (Å²) in [5.41, 5.74) is 0.812. The lowest BCUT2D eigenvalue weighted by Crippen LogP contribution is -2.38. The van der Waals surface area contributed by atoms with Gasteiger partial charge in [-0.3, -0.25) is 13.8 Å². The molecule has 0 spiro atoms. The first-order chi connectivity index (χ1) is 9.50. The molecule has 1 aromatic carbocycles. The molecule has 1 aliphatic heterocycles.